The van der Waals surface area contributed by atoms with E-state index >= 15 is 0 Å². The Morgan fingerprint density at radius 2 is 1.93 bits per heavy atom. The molecule has 2 N–H and O–H groups in total. The summed E-state index contributed by atoms with van der Waals surface area (Å²) in [6.45, 7) is 4.39. The number of nitrogens with zero attached hydrogens (tertiary/aromatic N) is 2. The van der Waals surface area contributed by atoms with Crippen molar-refractivity contribution < 1.29 is 13.9 Å². The molecule has 1 aromatic heterocycles. The summed E-state index contributed by atoms with van der Waals surface area (Å²) in [4.78, 5) is 11.7. The Balaban J connectivity index is 1.62. The van der Waals surface area contributed by atoms with Crippen LogP contribution >= 0.6 is 23.8 Å². The van der Waals surface area contributed by atoms with Gasteiger partial charge in [0.2, 0.25) is 0 Å². The lowest BCUT2D eigenvalue weighted by Crippen LogP contribution is -2.19. The number of anilines is 2. The number of thiocarbonyl (C=S) groups is 1. The summed E-state index contributed by atoms with van der Waals surface area (Å²) >= 11 is 11.4. The van der Waals surface area contributed by atoms with Crippen LogP contribution in [0.4, 0.5) is 15.9 Å². The Bertz CT molecular complexity index is 1070. The van der Waals surface area contributed by atoms with Gasteiger partial charge in [0.1, 0.15) is 5.82 Å². The van der Waals surface area contributed by atoms with Gasteiger partial charge in [0.15, 0.2) is 10.9 Å². The average Bonchev–Trinajstić information content (AvgIpc) is 3.03. The molecule has 9 heteroatoms. The van der Waals surface area contributed by atoms with Crippen molar-refractivity contribution in [2.45, 2.75) is 20.4 Å². The third kappa shape index (κ3) is 5.55. The van der Waals surface area contributed by atoms with Gasteiger partial charge in [0, 0.05) is 22.5 Å². The van der Waals surface area contributed by atoms with E-state index in [0.29, 0.717) is 34.7 Å². The van der Waals surface area contributed by atoms with E-state index in [1.165, 1.54) is 12.1 Å². The van der Waals surface area contributed by atoms with Crippen molar-refractivity contribution >= 4 is 46.4 Å². The van der Waals surface area contributed by atoms with Gasteiger partial charge in [-0.1, -0.05) is 17.7 Å². The molecule has 3 rings (SSSR count). The quantitative estimate of drug-likeness (QED) is 0.409. The van der Waals surface area contributed by atoms with Crippen LogP contribution in [0.2, 0.25) is 5.02 Å². The van der Waals surface area contributed by atoms with Gasteiger partial charge in [0.05, 0.1) is 18.7 Å². The van der Waals surface area contributed by atoms with Crippen molar-refractivity contribution in [3.05, 3.63) is 76.2 Å². The number of carbonyl (C=O) groups is 1. The maximum absolute atomic E-state index is 13.2. The summed E-state index contributed by atoms with van der Waals surface area (Å²) in [5.74, 6) is -0.187. The topological polar surface area (TPSA) is 68.2 Å². The fraction of sp³-hybridized carbons (Fsp3) is 0.190. The van der Waals surface area contributed by atoms with Crippen LogP contribution in [0.3, 0.4) is 0 Å². The lowest BCUT2D eigenvalue weighted by atomic mass is 10.2. The molecular weight excluding hydrogens is 427 g/mol. The average molecular weight is 447 g/mol. The van der Waals surface area contributed by atoms with E-state index in [1.54, 1.807) is 41.9 Å². The zero-order chi connectivity index (χ0) is 21.7. The second-order valence-electron chi connectivity index (χ2n) is 6.44. The van der Waals surface area contributed by atoms with E-state index in [0.717, 1.165) is 16.9 Å². The molecule has 0 unspecified atom stereocenters. The molecule has 0 aliphatic carbocycles. The summed E-state index contributed by atoms with van der Waals surface area (Å²) in [5.41, 5.74) is 2.84. The predicted octanol–water partition coefficient (Wildman–Crippen LogP) is 5.02. The van der Waals surface area contributed by atoms with E-state index in [9.17, 15) is 9.18 Å². The van der Waals surface area contributed by atoms with Crippen molar-refractivity contribution in [3.8, 4) is 0 Å². The molecule has 0 saturated carbocycles. The number of esters is 1. The Labute approximate surface area is 184 Å². The van der Waals surface area contributed by atoms with Gasteiger partial charge in [-0.25, -0.2) is 9.18 Å². The molecule has 3 aromatic rings. The molecule has 2 aromatic carbocycles. The maximum atomic E-state index is 13.2. The molecule has 30 heavy (non-hydrogen) atoms. The minimum atomic E-state index is -0.380. The van der Waals surface area contributed by atoms with Gasteiger partial charge in [-0.05, 0) is 68.0 Å². The minimum absolute atomic E-state index is 0.326. The molecule has 0 radical (unpaired) electrons. The Kier molecular flexibility index (Phi) is 7.02. The number of halogens is 2. The maximum Gasteiger partial charge on any atom is 0.338 e. The van der Waals surface area contributed by atoms with Crippen molar-refractivity contribution in [2.24, 2.45) is 0 Å². The third-order valence-electron chi connectivity index (χ3n) is 4.21. The first-order valence-corrected chi connectivity index (χ1v) is 9.98. The predicted molar refractivity (Wildman–Crippen MR) is 120 cm³/mol. The number of ether oxygens (including phenoxy) is 1. The molecule has 6 nitrogen and oxygen atoms in total. The summed E-state index contributed by atoms with van der Waals surface area (Å²) in [6.07, 6.45) is 0. The Morgan fingerprint density at radius 1 is 1.20 bits per heavy atom. The second kappa shape index (κ2) is 9.69. The number of carbonyl (C=O) groups excluding carboxylic acids is 1. The standard InChI is InChI=1S/C21H20ClFN4O2S/c1-3-29-20(28)14-5-8-17(9-6-14)24-21(30)25-19-10-13(2)27(26-19)12-15-4-7-16(23)11-18(15)22/h4-11H,3,12H2,1-2H3,(H2,24,25,26,30). The van der Waals surface area contributed by atoms with E-state index in [-0.39, 0.29) is 11.8 Å². The molecule has 0 aliphatic rings. The van der Waals surface area contributed by atoms with Crippen LogP contribution in [0.5, 0.6) is 0 Å². The van der Waals surface area contributed by atoms with Crippen LogP contribution in [0.25, 0.3) is 0 Å². The Hall–Kier alpha value is -2.97. The van der Waals surface area contributed by atoms with Gasteiger partial charge in [-0.2, -0.15) is 5.10 Å². The number of hydrogen-bond acceptors (Lipinski definition) is 4. The molecule has 0 spiro atoms. The molecule has 0 atom stereocenters. The van der Waals surface area contributed by atoms with Gasteiger partial charge in [-0.3, -0.25) is 4.68 Å². The highest BCUT2D eigenvalue weighted by atomic mass is 35.5. The SMILES string of the molecule is CCOC(=O)c1ccc(NC(=S)Nc2cc(C)n(Cc3ccc(F)cc3Cl)n2)cc1. The smallest absolute Gasteiger partial charge is 0.338 e. The van der Waals surface area contributed by atoms with Crippen LogP contribution in [0.1, 0.15) is 28.5 Å². The Morgan fingerprint density at radius 3 is 2.60 bits per heavy atom. The third-order valence-corrected chi connectivity index (χ3v) is 4.77. The lowest BCUT2D eigenvalue weighted by molar-refractivity contribution is 0.0526. The number of benzene rings is 2. The van der Waals surface area contributed by atoms with Gasteiger partial charge < -0.3 is 15.4 Å². The van der Waals surface area contributed by atoms with E-state index in [4.69, 9.17) is 28.6 Å². The van der Waals surface area contributed by atoms with Crippen LogP contribution in [-0.2, 0) is 11.3 Å². The van der Waals surface area contributed by atoms with Crippen molar-refractivity contribution in [1.82, 2.24) is 9.78 Å². The molecule has 0 fully saturated rings. The summed E-state index contributed by atoms with van der Waals surface area (Å²) in [5, 5.41) is 11.2. The van der Waals surface area contributed by atoms with Crippen LogP contribution in [-0.4, -0.2) is 27.5 Å². The molecule has 0 aliphatic heterocycles. The number of aromatic nitrogens is 2. The highest BCUT2D eigenvalue weighted by molar-refractivity contribution is 7.80. The summed E-state index contributed by atoms with van der Waals surface area (Å²) in [6, 6.07) is 12.9. The van der Waals surface area contributed by atoms with Crippen LogP contribution < -0.4 is 10.6 Å². The minimum Gasteiger partial charge on any atom is -0.462 e. The fourth-order valence-electron chi connectivity index (χ4n) is 2.73. The summed E-state index contributed by atoms with van der Waals surface area (Å²) < 4.78 is 19.9. The first kappa shape index (κ1) is 21.7. The van der Waals surface area contributed by atoms with Gasteiger partial charge >= 0.3 is 5.97 Å². The highest BCUT2D eigenvalue weighted by Gasteiger charge is 2.10. The number of hydrogen-bond donors (Lipinski definition) is 2. The van der Waals surface area contributed by atoms with Crippen LogP contribution in [0, 0.1) is 12.7 Å². The number of nitrogens with one attached hydrogen (secondary N) is 2. The highest BCUT2D eigenvalue weighted by Crippen LogP contribution is 2.20. The van der Waals surface area contributed by atoms with Crippen molar-refractivity contribution in [1.29, 1.82) is 0 Å². The molecule has 1 heterocycles. The molecule has 0 saturated heterocycles. The van der Waals surface area contributed by atoms with E-state index in [1.807, 2.05) is 13.0 Å². The zero-order valence-electron chi connectivity index (χ0n) is 16.4. The van der Waals surface area contributed by atoms with E-state index in [2.05, 4.69) is 15.7 Å². The van der Waals surface area contributed by atoms with Gasteiger partial charge in [0.25, 0.3) is 0 Å². The monoisotopic (exact) mass is 446 g/mol. The first-order valence-electron chi connectivity index (χ1n) is 9.19. The first-order chi connectivity index (χ1) is 14.4. The zero-order valence-corrected chi connectivity index (χ0v) is 18.0. The molecule has 0 amide bonds. The number of rotatable bonds is 6. The molecular formula is C21H20ClFN4O2S. The second-order valence-corrected chi connectivity index (χ2v) is 7.26. The summed E-state index contributed by atoms with van der Waals surface area (Å²) in [7, 11) is 0. The number of aryl methyl sites for hydroxylation is 1. The molecule has 0 bridgehead atoms. The van der Waals surface area contributed by atoms with Crippen LogP contribution in [0.15, 0.2) is 48.5 Å². The fourth-order valence-corrected chi connectivity index (χ4v) is 3.17. The van der Waals surface area contributed by atoms with Crippen molar-refractivity contribution in [3.63, 3.8) is 0 Å². The normalized spacial score (nSPS) is 10.5. The van der Waals surface area contributed by atoms with E-state index < -0.39 is 0 Å². The lowest BCUT2D eigenvalue weighted by Gasteiger charge is -2.09. The van der Waals surface area contributed by atoms with Crippen molar-refractivity contribution in [2.75, 3.05) is 17.2 Å². The largest absolute Gasteiger partial charge is 0.462 e. The molecule has 156 valence electrons. The van der Waals surface area contributed by atoms with Gasteiger partial charge in [-0.15, -0.1) is 0 Å².